The standard InChI is InChI=1S/C16H19NO3/c1-10-7-8-14(11(2)9-10)17-15(18)12-5-3-4-6-13(12)16(19)20/h3-4,7-9,12-13H,5-6H2,1-2H3,(H,17,18)(H,19,20)/p-1/t12-,13+/m0/s1. The van der Waals surface area contributed by atoms with Gasteiger partial charge in [-0.2, -0.15) is 0 Å². The molecule has 1 amide bonds. The molecule has 0 saturated carbocycles. The Morgan fingerprint density at radius 1 is 1.15 bits per heavy atom. The molecular formula is C16H18NO3-. The number of allylic oxidation sites excluding steroid dienone is 2. The third-order valence-corrected chi connectivity index (χ3v) is 3.71. The van der Waals surface area contributed by atoms with Gasteiger partial charge in [-0.15, -0.1) is 0 Å². The van der Waals surface area contributed by atoms with Crippen LogP contribution in [0.5, 0.6) is 0 Å². The second kappa shape index (κ2) is 5.90. The lowest BCUT2D eigenvalue weighted by molar-refractivity contribution is -0.313. The molecule has 0 unspecified atom stereocenters. The highest BCUT2D eigenvalue weighted by molar-refractivity contribution is 5.95. The van der Waals surface area contributed by atoms with Crippen molar-refractivity contribution in [1.82, 2.24) is 0 Å². The molecule has 0 fully saturated rings. The van der Waals surface area contributed by atoms with Crippen LogP contribution in [-0.2, 0) is 9.59 Å². The molecule has 1 aliphatic carbocycles. The summed E-state index contributed by atoms with van der Waals surface area (Å²) >= 11 is 0. The van der Waals surface area contributed by atoms with Gasteiger partial charge in [0.15, 0.2) is 0 Å². The smallest absolute Gasteiger partial charge is 0.228 e. The third kappa shape index (κ3) is 3.07. The van der Waals surface area contributed by atoms with Crippen LogP contribution in [0.2, 0.25) is 0 Å². The number of carbonyl (C=O) groups is 2. The van der Waals surface area contributed by atoms with Crippen LogP contribution in [0.1, 0.15) is 24.0 Å². The largest absolute Gasteiger partial charge is 0.550 e. The van der Waals surface area contributed by atoms with Gasteiger partial charge in [0, 0.05) is 17.6 Å². The molecule has 0 radical (unpaired) electrons. The maximum absolute atomic E-state index is 12.3. The molecular weight excluding hydrogens is 254 g/mol. The zero-order valence-corrected chi connectivity index (χ0v) is 11.7. The number of aliphatic carboxylic acids is 1. The number of aryl methyl sites for hydroxylation is 2. The van der Waals surface area contributed by atoms with E-state index in [9.17, 15) is 14.7 Å². The molecule has 1 aliphatic rings. The molecule has 0 heterocycles. The van der Waals surface area contributed by atoms with Gasteiger partial charge < -0.3 is 15.2 Å². The van der Waals surface area contributed by atoms with Gasteiger partial charge in [-0.05, 0) is 38.3 Å². The van der Waals surface area contributed by atoms with Gasteiger partial charge in [0.25, 0.3) is 0 Å². The molecule has 0 saturated heterocycles. The topological polar surface area (TPSA) is 69.2 Å². The lowest BCUT2D eigenvalue weighted by Gasteiger charge is -2.28. The average Bonchev–Trinajstić information content (AvgIpc) is 2.41. The van der Waals surface area contributed by atoms with Crippen molar-refractivity contribution in [2.45, 2.75) is 26.7 Å². The summed E-state index contributed by atoms with van der Waals surface area (Å²) in [5, 5.41) is 13.9. The second-order valence-corrected chi connectivity index (χ2v) is 5.28. The lowest BCUT2D eigenvalue weighted by Crippen LogP contribution is -2.41. The van der Waals surface area contributed by atoms with Crippen molar-refractivity contribution in [1.29, 1.82) is 0 Å². The first-order chi connectivity index (χ1) is 9.49. The van der Waals surface area contributed by atoms with Crippen molar-refractivity contribution in [2.75, 3.05) is 5.32 Å². The van der Waals surface area contributed by atoms with E-state index < -0.39 is 17.8 Å². The average molecular weight is 272 g/mol. The maximum Gasteiger partial charge on any atom is 0.228 e. The Kier molecular flexibility index (Phi) is 4.23. The van der Waals surface area contributed by atoms with E-state index in [-0.39, 0.29) is 5.91 Å². The number of benzene rings is 1. The van der Waals surface area contributed by atoms with Gasteiger partial charge in [-0.1, -0.05) is 29.8 Å². The molecule has 4 nitrogen and oxygen atoms in total. The van der Waals surface area contributed by atoms with E-state index in [2.05, 4.69) is 5.32 Å². The molecule has 0 aromatic heterocycles. The molecule has 1 aromatic rings. The highest BCUT2D eigenvalue weighted by atomic mass is 16.4. The lowest BCUT2D eigenvalue weighted by atomic mass is 9.82. The van der Waals surface area contributed by atoms with Crippen molar-refractivity contribution < 1.29 is 14.7 Å². The van der Waals surface area contributed by atoms with Crippen molar-refractivity contribution in [3.63, 3.8) is 0 Å². The zero-order chi connectivity index (χ0) is 14.7. The number of rotatable bonds is 3. The fourth-order valence-corrected chi connectivity index (χ4v) is 2.54. The Morgan fingerprint density at radius 2 is 1.80 bits per heavy atom. The Hall–Kier alpha value is -2.10. The van der Waals surface area contributed by atoms with Crippen LogP contribution >= 0.6 is 0 Å². The molecule has 2 rings (SSSR count). The summed E-state index contributed by atoms with van der Waals surface area (Å²) in [6.45, 7) is 3.90. The summed E-state index contributed by atoms with van der Waals surface area (Å²) in [6.07, 6.45) is 4.44. The van der Waals surface area contributed by atoms with E-state index in [1.54, 1.807) is 6.08 Å². The summed E-state index contributed by atoms with van der Waals surface area (Å²) in [5.41, 5.74) is 2.82. The number of amides is 1. The maximum atomic E-state index is 12.3. The van der Waals surface area contributed by atoms with E-state index in [1.807, 2.05) is 38.1 Å². The summed E-state index contributed by atoms with van der Waals surface area (Å²) in [4.78, 5) is 23.4. The number of hydrogen-bond donors (Lipinski definition) is 1. The number of carboxylic acids is 1. The van der Waals surface area contributed by atoms with Crippen LogP contribution in [-0.4, -0.2) is 11.9 Å². The van der Waals surface area contributed by atoms with Crippen molar-refractivity contribution in [2.24, 2.45) is 11.8 Å². The molecule has 1 aromatic carbocycles. The fourth-order valence-electron chi connectivity index (χ4n) is 2.54. The highest BCUT2D eigenvalue weighted by Crippen LogP contribution is 2.27. The molecule has 20 heavy (non-hydrogen) atoms. The predicted molar refractivity (Wildman–Crippen MR) is 74.9 cm³/mol. The van der Waals surface area contributed by atoms with Gasteiger partial charge in [-0.25, -0.2) is 0 Å². The molecule has 0 aliphatic heterocycles. The SMILES string of the molecule is Cc1ccc(NC(=O)[C@H]2CC=CC[C@H]2C(=O)[O-])c(C)c1. The quantitative estimate of drug-likeness (QED) is 0.849. The van der Waals surface area contributed by atoms with Crippen molar-refractivity contribution in [3.05, 3.63) is 41.5 Å². The molecule has 1 N–H and O–H groups in total. The summed E-state index contributed by atoms with van der Waals surface area (Å²) in [6, 6.07) is 5.74. The zero-order valence-electron chi connectivity index (χ0n) is 11.7. The van der Waals surface area contributed by atoms with Crippen LogP contribution in [0.25, 0.3) is 0 Å². The summed E-state index contributed by atoms with van der Waals surface area (Å²) < 4.78 is 0. The molecule has 0 bridgehead atoms. The van der Waals surface area contributed by atoms with Gasteiger partial charge in [0.1, 0.15) is 0 Å². The highest BCUT2D eigenvalue weighted by Gasteiger charge is 2.29. The molecule has 2 atom stereocenters. The number of carboxylic acid groups (broad SMARTS) is 1. The Balaban J connectivity index is 2.14. The number of hydrogen-bond acceptors (Lipinski definition) is 3. The first kappa shape index (κ1) is 14.3. The van der Waals surface area contributed by atoms with Crippen LogP contribution in [0.15, 0.2) is 30.4 Å². The van der Waals surface area contributed by atoms with Crippen molar-refractivity contribution in [3.8, 4) is 0 Å². The van der Waals surface area contributed by atoms with Crippen LogP contribution in [0.3, 0.4) is 0 Å². The summed E-state index contributed by atoms with van der Waals surface area (Å²) in [7, 11) is 0. The van der Waals surface area contributed by atoms with Gasteiger partial charge >= 0.3 is 0 Å². The third-order valence-electron chi connectivity index (χ3n) is 3.71. The minimum absolute atomic E-state index is 0.254. The van der Waals surface area contributed by atoms with E-state index in [4.69, 9.17) is 0 Å². The number of nitrogens with one attached hydrogen (secondary N) is 1. The van der Waals surface area contributed by atoms with E-state index >= 15 is 0 Å². The van der Waals surface area contributed by atoms with Gasteiger partial charge in [0.2, 0.25) is 5.91 Å². The summed E-state index contributed by atoms with van der Waals surface area (Å²) in [5.74, 6) is -2.72. The first-order valence-electron chi connectivity index (χ1n) is 6.73. The molecule has 106 valence electrons. The van der Waals surface area contributed by atoms with Gasteiger partial charge in [0.05, 0.1) is 5.92 Å². The number of carbonyl (C=O) groups excluding carboxylic acids is 2. The monoisotopic (exact) mass is 272 g/mol. The van der Waals surface area contributed by atoms with Crippen LogP contribution in [0.4, 0.5) is 5.69 Å². The predicted octanol–water partition coefficient (Wildman–Crippen LogP) is 1.57. The Labute approximate surface area is 118 Å². The number of anilines is 1. The van der Waals surface area contributed by atoms with Crippen LogP contribution < -0.4 is 10.4 Å². The van der Waals surface area contributed by atoms with E-state index in [0.717, 1.165) is 16.8 Å². The minimum atomic E-state index is -1.16. The second-order valence-electron chi connectivity index (χ2n) is 5.28. The normalized spacial score (nSPS) is 21.5. The Morgan fingerprint density at radius 3 is 2.40 bits per heavy atom. The van der Waals surface area contributed by atoms with Crippen LogP contribution in [0, 0.1) is 25.7 Å². The van der Waals surface area contributed by atoms with E-state index in [0.29, 0.717) is 12.8 Å². The fraction of sp³-hybridized carbons (Fsp3) is 0.375. The molecule has 4 heteroatoms. The van der Waals surface area contributed by atoms with Crippen molar-refractivity contribution >= 4 is 17.6 Å². The van der Waals surface area contributed by atoms with E-state index in [1.165, 1.54) is 0 Å². The van der Waals surface area contributed by atoms with Gasteiger partial charge in [-0.3, -0.25) is 4.79 Å². The molecule has 0 spiro atoms. The Bertz CT molecular complexity index is 563. The first-order valence-corrected chi connectivity index (χ1v) is 6.73. The minimum Gasteiger partial charge on any atom is -0.550 e.